The van der Waals surface area contributed by atoms with Crippen LogP contribution in [-0.2, 0) is 4.74 Å². The first kappa shape index (κ1) is 15.0. The fourth-order valence-corrected chi connectivity index (χ4v) is 1.81. The van der Waals surface area contributed by atoms with Gasteiger partial charge in [0.25, 0.3) is 0 Å². The third-order valence-electron chi connectivity index (χ3n) is 2.60. The number of alkyl halides is 3. The summed E-state index contributed by atoms with van der Waals surface area (Å²) in [6.07, 6.45) is 0.172. The van der Waals surface area contributed by atoms with E-state index in [1.165, 1.54) is 12.8 Å². The van der Waals surface area contributed by atoms with Crippen molar-refractivity contribution in [1.29, 1.82) is 0 Å². The van der Waals surface area contributed by atoms with Gasteiger partial charge in [-0.15, -0.1) is 0 Å². The third kappa shape index (κ3) is 6.65. The van der Waals surface area contributed by atoms with Crippen LogP contribution in [0, 0.1) is 0 Å². The topological polar surface area (TPSA) is 71.7 Å². The van der Waals surface area contributed by atoms with Crippen LogP contribution in [0.4, 0.5) is 13.2 Å². The first-order valence-corrected chi connectivity index (χ1v) is 5.93. The summed E-state index contributed by atoms with van der Waals surface area (Å²) in [5.74, 6) is 5.67. The van der Waals surface area contributed by atoms with Crippen LogP contribution in [0.2, 0.25) is 0 Å². The molecule has 0 amide bonds. The van der Waals surface area contributed by atoms with Gasteiger partial charge in [-0.2, -0.15) is 13.2 Å². The summed E-state index contributed by atoms with van der Waals surface area (Å²) in [6.45, 7) is -1.20. The van der Waals surface area contributed by atoms with Crippen molar-refractivity contribution in [2.75, 3.05) is 19.8 Å². The quantitative estimate of drug-likeness (QED) is 0.228. The first-order chi connectivity index (χ1) is 8.51. The van der Waals surface area contributed by atoms with E-state index in [1.54, 1.807) is 0 Å². The molecule has 0 radical (unpaired) electrons. The molecule has 0 aromatic heterocycles. The van der Waals surface area contributed by atoms with Crippen LogP contribution in [0.15, 0.2) is 4.99 Å². The zero-order valence-corrected chi connectivity index (χ0v) is 10.1. The van der Waals surface area contributed by atoms with E-state index >= 15 is 0 Å². The van der Waals surface area contributed by atoms with E-state index in [0.717, 1.165) is 12.8 Å². The van der Waals surface area contributed by atoms with Crippen molar-refractivity contribution in [1.82, 2.24) is 10.7 Å². The highest BCUT2D eigenvalue weighted by Crippen LogP contribution is 2.17. The normalized spacial score (nSPS) is 18.1. The van der Waals surface area contributed by atoms with Crippen molar-refractivity contribution < 1.29 is 17.9 Å². The minimum Gasteiger partial charge on any atom is -0.370 e. The van der Waals surface area contributed by atoms with Gasteiger partial charge in [-0.25, -0.2) is 10.8 Å². The molecule has 0 aromatic rings. The first-order valence-electron chi connectivity index (χ1n) is 5.93. The van der Waals surface area contributed by atoms with Gasteiger partial charge in [-0.1, -0.05) is 12.8 Å². The van der Waals surface area contributed by atoms with E-state index in [9.17, 15) is 13.2 Å². The number of rotatable bonds is 5. The Hall–Kier alpha value is -1.02. The molecule has 1 aliphatic carbocycles. The molecule has 4 N–H and O–H groups in total. The molecular formula is C10H19F3N4O. The average Bonchev–Trinajstić information content (AvgIpc) is 2.78. The Morgan fingerprint density at radius 2 is 2.00 bits per heavy atom. The molecule has 0 atom stereocenters. The van der Waals surface area contributed by atoms with Crippen LogP contribution in [0.5, 0.6) is 0 Å². The summed E-state index contributed by atoms with van der Waals surface area (Å²) < 4.78 is 39.8. The molecule has 1 aliphatic rings. The summed E-state index contributed by atoms with van der Waals surface area (Å²) >= 11 is 0. The van der Waals surface area contributed by atoms with Gasteiger partial charge in [-0.3, -0.25) is 5.43 Å². The number of nitrogens with two attached hydrogens (primary N) is 1. The number of aliphatic imine (C=N–C) groups is 1. The highest BCUT2D eigenvalue weighted by Gasteiger charge is 2.27. The van der Waals surface area contributed by atoms with E-state index in [4.69, 9.17) is 5.84 Å². The highest BCUT2D eigenvalue weighted by molar-refractivity contribution is 5.79. The molecule has 0 heterocycles. The van der Waals surface area contributed by atoms with Gasteiger partial charge in [0.1, 0.15) is 6.61 Å². The molecule has 0 bridgehead atoms. The summed E-state index contributed by atoms with van der Waals surface area (Å²) in [4.78, 5) is 4.00. The molecule has 18 heavy (non-hydrogen) atoms. The smallest absolute Gasteiger partial charge is 0.370 e. The van der Waals surface area contributed by atoms with Gasteiger partial charge in [0.05, 0.1) is 13.2 Å². The van der Waals surface area contributed by atoms with Gasteiger partial charge in [-0.05, 0) is 12.8 Å². The Bertz CT molecular complexity index is 264. The summed E-state index contributed by atoms with van der Waals surface area (Å²) in [7, 11) is 0. The Morgan fingerprint density at radius 3 is 2.56 bits per heavy atom. The lowest BCUT2D eigenvalue weighted by Crippen LogP contribution is -2.45. The van der Waals surface area contributed by atoms with E-state index < -0.39 is 12.8 Å². The number of halogens is 3. The van der Waals surface area contributed by atoms with Crippen LogP contribution in [0.1, 0.15) is 25.7 Å². The molecule has 0 unspecified atom stereocenters. The summed E-state index contributed by atoms with van der Waals surface area (Å²) in [5, 5.41) is 3.11. The van der Waals surface area contributed by atoms with Crippen LogP contribution in [0.3, 0.4) is 0 Å². The van der Waals surface area contributed by atoms with E-state index in [0.29, 0.717) is 12.0 Å². The third-order valence-corrected chi connectivity index (χ3v) is 2.60. The molecular weight excluding hydrogens is 249 g/mol. The lowest BCUT2D eigenvalue weighted by molar-refractivity contribution is -0.173. The summed E-state index contributed by atoms with van der Waals surface area (Å²) in [5.41, 5.74) is 2.40. The van der Waals surface area contributed by atoms with Crippen LogP contribution < -0.4 is 16.6 Å². The maximum atomic E-state index is 11.8. The fraction of sp³-hybridized carbons (Fsp3) is 0.900. The Balaban J connectivity index is 2.17. The molecule has 1 rings (SSSR count). The van der Waals surface area contributed by atoms with Crippen molar-refractivity contribution in [3.8, 4) is 0 Å². The van der Waals surface area contributed by atoms with Crippen LogP contribution in [0.25, 0.3) is 0 Å². The SMILES string of the molecule is NNC(=NCCOCC(F)(F)F)NC1CCCC1. The van der Waals surface area contributed by atoms with Gasteiger partial charge in [0, 0.05) is 6.04 Å². The number of nitrogens with one attached hydrogen (secondary N) is 2. The molecule has 0 spiro atoms. The number of guanidine groups is 1. The molecule has 0 aliphatic heterocycles. The molecule has 5 nitrogen and oxygen atoms in total. The van der Waals surface area contributed by atoms with E-state index in [-0.39, 0.29) is 13.2 Å². The predicted molar refractivity (Wildman–Crippen MR) is 61.9 cm³/mol. The molecule has 1 saturated carbocycles. The second kappa shape index (κ2) is 7.42. The van der Waals surface area contributed by atoms with Gasteiger partial charge < -0.3 is 10.1 Å². The van der Waals surface area contributed by atoms with Crippen LogP contribution in [-0.4, -0.2) is 37.9 Å². The van der Waals surface area contributed by atoms with Crippen molar-refractivity contribution in [2.45, 2.75) is 37.9 Å². The van der Waals surface area contributed by atoms with E-state index in [2.05, 4.69) is 20.5 Å². The largest absolute Gasteiger partial charge is 0.411 e. The molecule has 0 aromatic carbocycles. The second-order valence-corrected chi connectivity index (χ2v) is 4.17. The Morgan fingerprint density at radius 1 is 1.33 bits per heavy atom. The lowest BCUT2D eigenvalue weighted by atomic mass is 10.2. The minimum absolute atomic E-state index is 0.0863. The second-order valence-electron chi connectivity index (χ2n) is 4.17. The van der Waals surface area contributed by atoms with Gasteiger partial charge >= 0.3 is 6.18 Å². The average molecular weight is 268 g/mol. The Labute approximate surface area is 104 Å². The standard InChI is InChI=1S/C10H19F3N4O/c11-10(12,13)7-18-6-5-15-9(17-14)16-8-3-1-2-4-8/h8H,1-7,14H2,(H2,15,16,17). The molecule has 0 saturated heterocycles. The van der Waals surface area contributed by atoms with Gasteiger partial charge in [0.2, 0.25) is 5.96 Å². The van der Waals surface area contributed by atoms with Crippen molar-refractivity contribution >= 4 is 5.96 Å². The monoisotopic (exact) mass is 268 g/mol. The van der Waals surface area contributed by atoms with Crippen molar-refractivity contribution in [3.05, 3.63) is 0 Å². The van der Waals surface area contributed by atoms with Crippen molar-refractivity contribution in [2.24, 2.45) is 10.8 Å². The van der Waals surface area contributed by atoms with Crippen molar-refractivity contribution in [3.63, 3.8) is 0 Å². The maximum Gasteiger partial charge on any atom is 0.411 e. The molecule has 106 valence electrons. The zero-order chi connectivity index (χ0) is 13.4. The Kier molecular flexibility index (Phi) is 6.20. The summed E-state index contributed by atoms with van der Waals surface area (Å²) in [6, 6.07) is 0.343. The minimum atomic E-state index is -4.29. The van der Waals surface area contributed by atoms with Crippen LogP contribution >= 0.6 is 0 Å². The number of nitrogens with zero attached hydrogens (tertiary/aromatic N) is 1. The fourth-order valence-electron chi connectivity index (χ4n) is 1.81. The number of hydrazine groups is 1. The zero-order valence-electron chi connectivity index (χ0n) is 10.1. The lowest BCUT2D eigenvalue weighted by Gasteiger charge is -2.15. The predicted octanol–water partition coefficient (Wildman–Crippen LogP) is 0.917. The molecule has 8 heteroatoms. The van der Waals surface area contributed by atoms with E-state index in [1.807, 2.05) is 0 Å². The number of hydrogen-bond donors (Lipinski definition) is 3. The molecule has 1 fully saturated rings. The number of hydrogen-bond acceptors (Lipinski definition) is 3. The van der Waals surface area contributed by atoms with Gasteiger partial charge in [0.15, 0.2) is 0 Å². The maximum absolute atomic E-state index is 11.8. The number of ether oxygens (including phenoxy) is 1. The highest BCUT2D eigenvalue weighted by atomic mass is 19.4.